The minimum absolute atomic E-state index is 0.263. The number of carbonyl (C=O) groups is 1. The van der Waals surface area contributed by atoms with Crippen LogP contribution in [-0.4, -0.2) is 68.3 Å². The number of amides is 1. The average Bonchev–Trinajstić information content (AvgIpc) is 3.28. The van der Waals surface area contributed by atoms with Crippen LogP contribution in [0.25, 0.3) is 11.0 Å². The molecule has 0 saturated carbocycles. The van der Waals surface area contributed by atoms with Crippen LogP contribution in [0.15, 0.2) is 61.4 Å². The molecule has 0 bridgehead atoms. The smallest absolute Gasteiger partial charge is 0.271 e. The van der Waals surface area contributed by atoms with Crippen LogP contribution >= 0.6 is 0 Å². The van der Waals surface area contributed by atoms with Crippen molar-refractivity contribution in [2.75, 3.05) is 42.5 Å². The lowest BCUT2D eigenvalue weighted by Crippen LogP contribution is -2.46. The summed E-state index contributed by atoms with van der Waals surface area (Å²) in [6.07, 6.45) is 7.85. The summed E-state index contributed by atoms with van der Waals surface area (Å²) in [6.45, 7) is 4.51. The van der Waals surface area contributed by atoms with Crippen molar-refractivity contribution in [2.24, 2.45) is 0 Å². The molecular weight excluding hydrogens is 406 g/mol. The standard InChI is InChI=1S/C22H23N9O/c32-22(19-15-23-6-7-24-19)25-8-9-31-21-18(14-28-31)20(26-16-27-21)30-12-10-29(11-13-30)17-4-2-1-3-5-17/h1-7,14-16H,8-13H2,(H,25,32). The Morgan fingerprint density at radius 2 is 1.75 bits per heavy atom. The van der Waals surface area contributed by atoms with Gasteiger partial charge in [-0.3, -0.25) is 9.78 Å². The molecule has 0 atom stereocenters. The van der Waals surface area contributed by atoms with Crippen LogP contribution in [0.2, 0.25) is 0 Å². The van der Waals surface area contributed by atoms with E-state index in [1.165, 1.54) is 24.3 Å². The molecule has 1 saturated heterocycles. The van der Waals surface area contributed by atoms with Crippen LogP contribution in [0.5, 0.6) is 0 Å². The van der Waals surface area contributed by atoms with E-state index in [0.717, 1.165) is 43.0 Å². The second-order valence-corrected chi connectivity index (χ2v) is 7.46. The monoisotopic (exact) mass is 429 g/mol. The van der Waals surface area contributed by atoms with Crippen LogP contribution in [-0.2, 0) is 6.54 Å². The SMILES string of the molecule is O=C(NCCn1ncc2c(N3CCN(c4ccccc4)CC3)ncnc21)c1cnccn1. The molecular formula is C22H23N9O. The molecule has 10 heteroatoms. The number of benzene rings is 1. The first-order valence-electron chi connectivity index (χ1n) is 10.6. The van der Waals surface area contributed by atoms with Gasteiger partial charge in [-0.05, 0) is 12.1 Å². The molecule has 1 amide bonds. The van der Waals surface area contributed by atoms with Gasteiger partial charge in [0.15, 0.2) is 5.65 Å². The van der Waals surface area contributed by atoms with Crippen LogP contribution < -0.4 is 15.1 Å². The zero-order chi connectivity index (χ0) is 21.8. The van der Waals surface area contributed by atoms with Crippen molar-refractivity contribution in [2.45, 2.75) is 6.54 Å². The fourth-order valence-corrected chi connectivity index (χ4v) is 3.89. The fraction of sp³-hybridized carbons (Fsp3) is 0.273. The zero-order valence-corrected chi connectivity index (χ0v) is 17.5. The highest BCUT2D eigenvalue weighted by Crippen LogP contribution is 2.25. The molecule has 0 spiro atoms. The van der Waals surface area contributed by atoms with Gasteiger partial charge in [-0.2, -0.15) is 5.10 Å². The van der Waals surface area contributed by atoms with Gasteiger partial charge in [-0.1, -0.05) is 18.2 Å². The predicted molar refractivity (Wildman–Crippen MR) is 121 cm³/mol. The molecule has 1 N–H and O–H groups in total. The first kappa shape index (κ1) is 19.9. The van der Waals surface area contributed by atoms with Gasteiger partial charge in [0, 0.05) is 50.8 Å². The summed E-state index contributed by atoms with van der Waals surface area (Å²) in [7, 11) is 0. The van der Waals surface area contributed by atoms with Gasteiger partial charge in [0.2, 0.25) is 0 Å². The summed E-state index contributed by atoms with van der Waals surface area (Å²) >= 11 is 0. The van der Waals surface area contributed by atoms with E-state index < -0.39 is 0 Å². The highest BCUT2D eigenvalue weighted by Gasteiger charge is 2.21. The number of fused-ring (bicyclic) bond motifs is 1. The van der Waals surface area contributed by atoms with Crippen LogP contribution in [0.3, 0.4) is 0 Å². The minimum atomic E-state index is -0.263. The summed E-state index contributed by atoms with van der Waals surface area (Å²) < 4.78 is 1.79. The van der Waals surface area contributed by atoms with E-state index in [0.29, 0.717) is 13.1 Å². The van der Waals surface area contributed by atoms with Crippen LogP contribution in [0, 0.1) is 0 Å². The van der Waals surface area contributed by atoms with Crippen molar-refractivity contribution in [1.29, 1.82) is 0 Å². The first-order valence-corrected chi connectivity index (χ1v) is 10.6. The first-order chi connectivity index (χ1) is 15.8. The number of hydrogen-bond donors (Lipinski definition) is 1. The third-order valence-corrected chi connectivity index (χ3v) is 5.52. The van der Waals surface area contributed by atoms with Gasteiger partial charge in [-0.15, -0.1) is 0 Å². The molecule has 3 aromatic heterocycles. The third kappa shape index (κ3) is 4.07. The Morgan fingerprint density at radius 1 is 0.938 bits per heavy atom. The van der Waals surface area contributed by atoms with Crippen molar-refractivity contribution in [1.82, 2.24) is 35.0 Å². The second-order valence-electron chi connectivity index (χ2n) is 7.46. The number of hydrogen-bond acceptors (Lipinski definition) is 8. The van der Waals surface area contributed by atoms with Gasteiger partial charge in [-0.25, -0.2) is 19.6 Å². The number of carbonyl (C=O) groups excluding carboxylic acids is 1. The van der Waals surface area contributed by atoms with E-state index in [1.807, 2.05) is 6.07 Å². The quantitative estimate of drug-likeness (QED) is 0.490. The molecule has 4 aromatic rings. The van der Waals surface area contributed by atoms with E-state index in [-0.39, 0.29) is 11.6 Å². The Morgan fingerprint density at radius 3 is 2.53 bits per heavy atom. The van der Waals surface area contributed by atoms with Crippen molar-refractivity contribution in [3.8, 4) is 0 Å². The number of rotatable bonds is 6. The van der Waals surface area contributed by atoms with Gasteiger partial charge in [0.1, 0.15) is 17.8 Å². The van der Waals surface area contributed by atoms with Gasteiger partial charge in [0.05, 0.1) is 24.3 Å². The highest BCUT2D eigenvalue weighted by molar-refractivity contribution is 5.91. The van der Waals surface area contributed by atoms with Gasteiger partial charge >= 0.3 is 0 Å². The molecule has 32 heavy (non-hydrogen) atoms. The number of aromatic nitrogens is 6. The molecule has 0 aliphatic carbocycles. The van der Waals surface area contributed by atoms with E-state index in [2.05, 4.69) is 64.4 Å². The molecule has 0 unspecified atom stereocenters. The Kier molecular flexibility index (Phi) is 5.56. The van der Waals surface area contributed by atoms with Crippen molar-refractivity contribution in [3.63, 3.8) is 0 Å². The summed E-state index contributed by atoms with van der Waals surface area (Å²) in [6, 6.07) is 10.5. The Balaban J connectivity index is 1.24. The molecule has 10 nitrogen and oxygen atoms in total. The molecule has 1 aliphatic rings. The van der Waals surface area contributed by atoms with E-state index >= 15 is 0 Å². The normalized spacial score (nSPS) is 14.0. The topological polar surface area (TPSA) is 105 Å². The summed E-state index contributed by atoms with van der Waals surface area (Å²) in [4.78, 5) is 33.7. The van der Waals surface area contributed by atoms with E-state index in [4.69, 9.17) is 0 Å². The van der Waals surface area contributed by atoms with Gasteiger partial charge < -0.3 is 15.1 Å². The van der Waals surface area contributed by atoms with Crippen molar-refractivity contribution >= 4 is 28.4 Å². The number of piperazine rings is 1. The lowest BCUT2D eigenvalue weighted by molar-refractivity contribution is 0.0946. The zero-order valence-electron chi connectivity index (χ0n) is 17.5. The van der Waals surface area contributed by atoms with Crippen molar-refractivity contribution < 1.29 is 4.79 Å². The average molecular weight is 429 g/mol. The number of nitrogens with one attached hydrogen (secondary N) is 1. The molecule has 4 heterocycles. The Hall–Kier alpha value is -4.08. The summed E-state index contributed by atoms with van der Waals surface area (Å²) in [5, 5.41) is 8.24. The Labute approximate surface area is 184 Å². The maximum atomic E-state index is 12.1. The molecule has 1 fully saturated rings. The summed E-state index contributed by atoms with van der Waals surface area (Å²) in [5.41, 5.74) is 2.29. The van der Waals surface area contributed by atoms with Crippen LogP contribution in [0.1, 0.15) is 10.5 Å². The maximum Gasteiger partial charge on any atom is 0.271 e. The molecule has 0 radical (unpaired) electrons. The van der Waals surface area contributed by atoms with E-state index in [9.17, 15) is 4.79 Å². The lowest BCUT2D eigenvalue weighted by atomic mass is 10.2. The summed E-state index contributed by atoms with van der Waals surface area (Å²) in [5.74, 6) is 0.638. The Bertz CT molecular complexity index is 1190. The van der Waals surface area contributed by atoms with Crippen LogP contribution in [0.4, 0.5) is 11.5 Å². The predicted octanol–water partition coefficient (Wildman–Crippen LogP) is 1.37. The number of nitrogens with zero attached hydrogens (tertiary/aromatic N) is 8. The highest BCUT2D eigenvalue weighted by atomic mass is 16.1. The van der Waals surface area contributed by atoms with Crippen molar-refractivity contribution in [3.05, 3.63) is 67.1 Å². The van der Waals surface area contributed by atoms with E-state index in [1.54, 1.807) is 17.2 Å². The molecule has 1 aliphatic heterocycles. The van der Waals surface area contributed by atoms with Gasteiger partial charge in [0.25, 0.3) is 5.91 Å². The minimum Gasteiger partial charge on any atom is -0.368 e. The number of anilines is 2. The number of para-hydroxylation sites is 1. The second kappa shape index (κ2) is 8.96. The fourth-order valence-electron chi connectivity index (χ4n) is 3.89. The largest absolute Gasteiger partial charge is 0.368 e. The lowest BCUT2D eigenvalue weighted by Gasteiger charge is -2.36. The third-order valence-electron chi connectivity index (χ3n) is 5.52. The molecule has 162 valence electrons. The maximum absolute atomic E-state index is 12.1. The molecule has 5 rings (SSSR count). The molecule has 1 aromatic carbocycles.